The van der Waals surface area contributed by atoms with Crippen molar-refractivity contribution in [3.8, 4) is 0 Å². The first-order valence-electron chi connectivity index (χ1n) is 9.06. The zero-order chi connectivity index (χ0) is 18.2. The van der Waals surface area contributed by atoms with Gasteiger partial charge in [-0.25, -0.2) is 0 Å². The van der Waals surface area contributed by atoms with E-state index in [-0.39, 0.29) is 5.97 Å². The maximum absolute atomic E-state index is 11.5. The normalized spacial score (nSPS) is 11.2. The van der Waals surface area contributed by atoms with Gasteiger partial charge in [-0.1, -0.05) is 26.0 Å². The number of esters is 1. The van der Waals surface area contributed by atoms with Crippen LogP contribution in [0.15, 0.2) is 25.3 Å². The molecule has 5 heteroatoms. The Balaban J connectivity index is 4.43. The third-order valence-corrected chi connectivity index (χ3v) is 3.90. The average molecular weight is 340 g/mol. The third kappa shape index (κ3) is 11.4. The van der Waals surface area contributed by atoms with Gasteiger partial charge in [-0.2, -0.15) is 0 Å². The molecule has 0 heterocycles. The summed E-state index contributed by atoms with van der Waals surface area (Å²) in [5, 5.41) is 0. The Labute approximate surface area is 148 Å². The van der Waals surface area contributed by atoms with Crippen molar-refractivity contribution in [3.63, 3.8) is 0 Å². The number of nitrogens with zero attached hydrogens (tertiary/aromatic N) is 3. The summed E-state index contributed by atoms with van der Waals surface area (Å²) in [6.45, 7) is 20.0. The Morgan fingerprint density at radius 2 is 1.25 bits per heavy atom. The first-order chi connectivity index (χ1) is 11.6. The van der Waals surface area contributed by atoms with Crippen molar-refractivity contribution in [3.05, 3.63) is 25.3 Å². The summed E-state index contributed by atoms with van der Waals surface area (Å²) in [5.41, 5.74) is 0. The van der Waals surface area contributed by atoms with Crippen molar-refractivity contribution in [2.24, 2.45) is 0 Å². The highest BCUT2D eigenvalue weighted by molar-refractivity contribution is 5.71. The highest BCUT2D eigenvalue weighted by Gasteiger charge is 2.13. The summed E-state index contributed by atoms with van der Waals surface area (Å²) in [4.78, 5) is 18.5. The highest BCUT2D eigenvalue weighted by atomic mass is 16.5. The van der Waals surface area contributed by atoms with Crippen LogP contribution in [-0.2, 0) is 9.53 Å². The van der Waals surface area contributed by atoms with Crippen LogP contribution in [0.3, 0.4) is 0 Å². The van der Waals surface area contributed by atoms with Crippen molar-refractivity contribution < 1.29 is 9.53 Å². The lowest BCUT2D eigenvalue weighted by Crippen LogP contribution is -2.41. The minimum atomic E-state index is -0.168. The van der Waals surface area contributed by atoms with Gasteiger partial charge in [-0.05, 0) is 25.9 Å². The monoisotopic (exact) mass is 339 g/mol. The minimum Gasteiger partial charge on any atom is -0.468 e. The van der Waals surface area contributed by atoms with Crippen molar-refractivity contribution in [1.29, 1.82) is 0 Å². The molecule has 0 aliphatic rings. The summed E-state index contributed by atoms with van der Waals surface area (Å²) in [6, 6.07) is 0. The van der Waals surface area contributed by atoms with Crippen LogP contribution in [-0.4, -0.2) is 86.7 Å². The fourth-order valence-electron chi connectivity index (χ4n) is 2.67. The van der Waals surface area contributed by atoms with Crippen molar-refractivity contribution in [1.82, 2.24) is 14.7 Å². The van der Waals surface area contributed by atoms with Gasteiger partial charge in [0.1, 0.15) is 0 Å². The predicted octanol–water partition coefficient (Wildman–Crippen LogP) is 2.26. The molecule has 0 unspecified atom stereocenters. The molecule has 24 heavy (non-hydrogen) atoms. The van der Waals surface area contributed by atoms with Gasteiger partial charge in [-0.3, -0.25) is 19.5 Å². The van der Waals surface area contributed by atoms with E-state index in [4.69, 9.17) is 4.74 Å². The van der Waals surface area contributed by atoms with Crippen molar-refractivity contribution >= 4 is 5.97 Å². The maximum atomic E-state index is 11.5. The fourth-order valence-corrected chi connectivity index (χ4v) is 2.67. The van der Waals surface area contributed by atoms with Crippen LogP contribution in [0.25, 0.3) is 0 Å². The predicted molar refractivity (Wildman–Crippen MR) is 102 cm³/mol. The van der Waals surface area contributed by atoms with Crippen LogP contribution in [0.4, 0.5) is 0 Å². The summed E-state index contributed by atoms with van der Waals surface area (Å²) < 4.78 is 4.79. The van der Waals surface area contributed by atoms with E-state index in [1.165, 1.54) is 7.11 Å². The Bertz CT molecular complexity index is 348. The number of carbonyl (C=O) groups is 1. The molecule has 0 aliphatic heterocycles. The summed E-state index contributed by atoms with van der Waals surface area (Å²) in [5.74, 6) is -0.168. The molecule has 0 amide bonds. The lowest BCUT2D eigenvalue weighted by atomic mass is 10.3. The van der Waals surface area contributed by atoms with Gasteiger partial charge in [0.15, 0.2) is 0 Å². The van der Waals surface area contributed by atoms with Crippen LogP contribution in [0, 0.1) is 0 Å². The second kappa shape index (κ2) is 15.4. The van der Waals surface area contributed by atoms with Crippen molar-refractivity contribution in [2.45, 2.75) is 26.7 Å². The molecule has 0 rings (SSSR count). The van der Waals surface area contributed by atoms with Crippen LogP contribution in [0.5, 0.6) is 0 Å². The molecule has 0 spiro atoms. The Morgan fingerprint density at radius 1 is 0.833 bits per heavy atom. The largest absolute Gasteiger partial charge is 0.468 e. The summed E-state index contributed by atoms with van der Waals surface area (Å²) in [7, 11) is 1.44. The quantitative estimate of drug-likeness (QED) is 0.318. The van der Waals surface area contributed by atoms with E-state index in [0.717, 1.165) is 65.2 Å². The average Bonchev–Trinajstić information content (AvgIpc) is 2.57. The van der Waals surface area contributed by atoms with E-state index in [1.807, 2.05) is 12.2 Å². The van der Waals surface area contributed by atoms with Crippen molar-refractivity contribution in [2.75, 3.05) is 66.0 Å². The summed E-state index contributed by atoms with van der Waals surface area (Å²) in [6.07, 6.45) is 6.09. The maximum Gasteiger partial charge on any atom is 0.319 e. The molecular weight excluding hydrogens is 302 g/mol. The molecule has 0 bridgehead atoms. The molecule has 0 aromatic heterocycles. The van der Waals surface area contributed by atoms with E-state index in [1.54, 1.807) is 0 Å². The molecule has 0 aromatic rings. The Morgan fingerprint density at radius 3 is 1.67 bits per heavy atom. The molecule has 0 N–H and O–H groups in total. The molecule has 0 radical (unpaired) electrons. The Kier molecular flexibility index (Phi) is 14.6. The SMILES string of the molecule is C=CCN(CCC)CCN(CC=C)CCN(CCC)CC(=O)OC. The number of hydrogen-bond donors (Lipinski definition) is 0. The van der Waals surface area contributed by atoms with E-state index in [0.29, 0.717) is 6.54 Å². The lowest BCUT2D eigenvalue weighted by Gasteiger charge is -2.28. The number of ether oxygens (including phenoxy) is 1. The molecule has 0 fully saturated rings. The topological polar surface area (TPSA) is 36.0 Å². The summed E-state index contributed by atoms with van der Waals surface area (Å²) >= 11 is 0. The van der Waals surface area contributed by atoms with E-state index < -0.39 is 0 Å². The zero-order valence-electron chi connectivity index (χ0n) is 16.0. The Hall–Kier alpha value is -1.17. The molecule has 0 saturated heterocycles. The van der Waals surface area contributed by atoms with Gasteiger partial charge >= 0.3 is 5.97 Å². The van der Waals surface area contributed by atoms with Crippen LogP contribution in [0.1, 0.15) is 26.7 Å². The number of carbonyl (C=O) groups excluding carboxylic acids is 1. The second-order valence-electron chi connectivity index (χ2n) is 6.03. The molecule has 140 valence electrons. The van der Waals surface area contributed by atoms with Gasteiger partial charge in [0, 0.05) is 39.3 Å². The molecule has 0 atom stereocenters. The van der Waals surface area contributed by atoms with Crippen LogP contribution < -0.4 is 0 Å². The first kappa shape index (κ1) is 22.8. The van der Waals surface area contributed by atoms with Gasteiger partial charge < -0.3 is 4.74 Å². The molecular formula is C19H37N3O2. The number of rotatable bonds is 16. The van der Waals surface area contributed by atoms with Gasteiger partial charge in [-0.15, -0.1) is 13.2 Å². The van der Waals surface area contributed by atoms with Gasteiger partial charge in [0.05, 0.1) is 13.7 Å². The highest BCUT2D eigenvalue weighted by Crippen LogP contribution is 1.99. The molecule has 5 nitrogen and oxygen atoms in total. The van der Waals surface area contributed by atoms with Crippen LogP contribution >= 0.6 is 0 Å². The number of methoxy groups -OCH3 is 1. The molecule has 0 saturated carbocycles. The first-order valence-corrected chi connectivity index (χ1v) is 9.06. The molecule has 0 aromatic carbocycles. The third-order valence-electron chi connectivity index (χ3n) is 3.90. The number of hydrogen-bond acceptors (Lipinski definition) is 5. The minimum absolute atomic E-state index is 0.168. The van der Waals surface area contributed by atoms with Crippen LogP contribution in [0.2, 0.25) is 0 Å². The zero-order valence-corrected chi connectivity index (χ0v) is 16.0. The fraction of sp³-hybridized carbons (Fsp3) is 0.737. The standard InChI is InChI=1S/C19H37N3O2/c1-6-10-20(11-7-2)14-15-21(12-8-3)16-17-22(13-9-4)18-19(23)24-5/h6,8H,1,3,7,9-18H2,2,4-5H3. The smallest absolute Gasteiger partial charge is 0.319 e. The van der Waals surface area contributed by atoms with E-state index in [9.17, 15) is 4.79 Å². The van der Waals surface area contributed by atoms with Gasteiger partial charge in [0.2, 0.25) is 0 Å². The molecule has 0 aliphatic carbocycles. The van der Waals surface area contributed by atoms with E-state index >= 15 is 0 Å². The van der Waals surface area contributed by atoms with E-state index in [2.05, 4.69) is 41.7 Å². The lowest BCUT2D eigenvalue weighted by molar-refractivity contribution is -0.142. The van der Waals surface area contributed by atoms with Gasteiger partial charge in [0.25, 0.3) is 0 Å². The second-order valence-corrected chi connectivity index (χ2v) is 6.03.